The molecule has 0 amide bonds. The maximum atomic E-state index is 13.6. The second-order valence-corrected chi connectivity index (χ2v) is 4.87. The topological polar surface area (TPSA) is 0 Å². The lowest BCUT2D eigenvalue weighted by molar-refractivity contribution is 0.548. The van der Waals surface area contributed by atoms with Crippen LogP contribution < -0.4 is 0 Å². The minimum Gasteiger partial charge on any atom is -0.207 e. The first kappa shape index (κ1) is 13.7. The van der Waals surface area contributed by atoms with Crippen molar-refractivity contribution >= 4 is 15.9 Å². The molecule has 0 bridgehead atoms. The monoisotopic (exact) mass is 286 g/mol. The van der Waals surface area contributed by atoms with Crippen molar-refractivity contribution in [2.24, 2.45) is 0 Å². The Hall–Kier alpha value is -0.370. The van der Waals surface area contributed by atoms with Gasteiger partial charge in [0.15, 0.2) is 0 Å². The fourth-order valence-electron chi connectivity index (χ4n) is 1.94. The molecule has 0 saturated carbocycles. The summed E-state index contributed by atoms with van der Waals surface area (Å²) in [6.45, 7) is 2.21. The molecule has 0 nitrogen and oxygen atoms in total. The highest BCUT2D eigenvalue weighted by Gasteiger charge is 2.13. The summed E-state index contributed by atoms with van der Waals surface area (Å²) < 4.78 is 13.6. The maximum absolute atomic E-state index is 13.6. The standard InChI is InChI=1S/C14H20BrF/c1-2-3-4-5-8-12(11-15)13-9-6-7-10-14(13)16/h6-7,9-10,12H,2-5,8,11H2,1H3. The Labute approximate surface area is 106 Å². The molecule has 0 spiro atoms. The fraction of sp³-hybridized carbons (Fsp3) is 0.571. The highest BCUT2D eigenvalue weighted by atomic mass is 79.9. The molecule has 0 fully saturated rings. The van der Waals surface area contributed by atoms with E-state index in [1.807, 2.05) is 12.1 Å². The summed E-state index contributed by atoms with van der Waals surface area (Å²) in [5, 5.41) is 0.847. The molecular weight excluding hydrogens is 267 g/mol. The molecule has 0 aliphatic heterocycles. The quantitative estimate of drug-likeness (QED) is 0.473. The van der Waals surface area contributed by atoms with Crippen molar-refractivity contribution in [3.8, 4) is 0 Å². The van der Waals surface area contributed by atoms with Gasteiger partial charge in [-0.1, -0.05) is 66.7 Å². The Morgan fingerprint density at radius 2 is 1.94 bits per heavy atom. The van der Waals surface area contributed by atoms with Crippen LogP contribution in [0.4, 0.5) is 4.39 Å². The predicted octanol–water partition coefficient (Wildman–Crippen LogP) is 5.27. The van der Waals surface area contributed by atoms with E-state index in [0.717, 1.165) is 17.3 Å². The van der Waals surface area contributed by atoms with Crippen LogP contribution in [-0.4, -0.2) is 5.33 Å². The Balaban J connectivity index is 2.51. The van der Waals surface area contributed by atoms with Crippen LogP contribution in [0, 0.1) is 5.82 Å². The number of alkyl halides is 1. The van der Waals surface area contributed by atoms with Gasteiger partial charge in [0, 0.05) is 5.33 Å². The third kappa shape index (κ3) is 4.25. The number of unbranched alkanes of at least 4 members (excludes halogenated alkanes) is 3. The first-order valence-corrected chi connectivity index (χ1v) is 7.22. The first-order valence-electron chi connectivity index (χ1n) is 6.10. The van der Waals surface area contributed by atoms with Crippen LogP contribution in [0.25, 0.3) is 0 Å². The van der Waals surface area contributed by atoms with Crippen molar-refractivity contribution in [1.82, 2.24) is 0 Å². The second-order valence-electron chi connectivity index (χ2n) is 4.22. The molecule has 0 radical (unpaired) electrons. The zero-order chi connectivity index (χ0) is 11.8. The number of benzene rings is 1. The minimum absolute atomic E-state index is 0.0672. The molecule has 1 aromatic carbocycles. The van der Waals surface area contributed by atoms with Crippen molar-refractivity contribution in [3.63, 3.8) is 0 Å². The predicted molar refractivity (Wildman–Crippen MR) is 71.7 cm³/mol. The van der Waals surface area contributed by atoms with E-state index in [0.29, 0.717) is 5.92 Å². The summed E-state index contributed by atoms with van der Waals surface area (Å²) in [4.78, 5) is 0. The number of hydrogen-bond acceptors (Lipinski definition) is 0. The highest BCUT2D eigenvalue weighted by Crippen LogP contribution is 2.26. The average molecular weight is 287 g/mol. The number of hydrogen-bond donors (Lipinski definition) is 0. The second kappa shape index (κ2) is 7.83. The lowest BCUT2D eigenvalue weighted by Gasteiger charge is -2.15. The summed E-state index contributed by atoms with van der Waals surface area (Å²) >= 11 is 3.49. The van der Waals surface area contributed by atoms with Crippen molar-refractivity contribution in [1.29, 1.82) is 0 Å². The number of halogens is 2. The summed E-state index contributed by atoms with van der Waals surface area (Å²) in [5.74, 6) is 0.250. The Morgan fingerprint density at radius 3 is 2.56 bits per heavy atom. The number of rotatable bonds is 7. The lowest BCUT2D eigenvalue weighted by atomic mass is 9.94. The molecule has 1 aromatic rings. The van der Waals surface area contributed by atoms with Gasteiger partial charge >= 0.3 is 0 Å². The molecule has 0 N–H and O–H groups in total. The van der Waals surface area contributed by atoms with Gasteiger partial charge < -0.3 is 0 Å². The normalized spacial score (nSPS) is 12.7. The maximum Gasteiger partial charge on any atom is 0.126 e. The third-order valence-corrected chi connectivity index (χ3v) is 3.72. The molecule has 1 rings (SSSR count). The van der Waals surface area contributed by atoms with Gasteiger partial charge in [0.2, 0.25) is 0 Å². The van der Waals surface area contributed by atoms with Crippen LogP contribution in [0.15, 0.2) is 24.3 Å². The molecule has 1 atom stereocenters. The van der Waals surface area contributed by atoms with Gasteiger partial charge in [-0.05, 0) is 24.0 Å². The molecule has 1 unspecified atom stereocenters. The smallest absolute Gasteiger partial charge is 0.126 e. The van der Waals surface area contributed by atoms with E-state index in [1.54, 1.807) is 12.1 Å². The molecular formula is C14H20BrF. The lowest BCUT2D eigenvalue weighted by Crippen LogP contribution is -2.03. The summed E-state index contributed by atoms with van der Waals surface area (Å²) in [7, 11) is 0. The van der Waals surface area contributed by atoms with E-state index in [4.69, 9.17) is 0 Å². The van der Waals surface area contributed by atoms with E-state index in [-0.39, 0.29) is 5.82 Å². The van der Waals surface area contributed by atoms with Crippen LogP contribution in [0.3, 0.4) is 0 Å². The van der Waals surface area contributed by atoms with Gasteiger partial charge in [-0.3, -0.25) is 0 Å². The van der Waals surface area contributed by atoms with Crippen molar-refractivity contribution in [2.75, 3.05) is 5.33 Å². The summed E-state index contributed by atoms with van der Waals surface area (Å²) in [6.07, 6.45) is 6.06. The third-order valence-electron chi connectivity index (χ3n) is 2.94. The van der Waals surface area contributed by atoms with Crippen LogP contribution in [0.1, 0.15) is 50.5 Å². The largest absolute Gasteiger partial charge is 0.207 e. The Kier molecular flexibility index (Phi) is 6.70. The van der Waals surface area contributed by atoms with E-state index in [9.17, 15) is 4.39 Å². The van der Waals surface area contributed by atoms with Gasteiger partial charge in [-0.15, -0.1) is 0 Å². The molecule has 90 valence electrons. The average Bonchev–Trinajstić information content (AvgIpc) is 2.31. The van der Waals surface area contributed by atoms with Gasteiger partial charge in [0.25, 0.3) is 0 Å². The van der Waals surface area contributed by atoms with Crippen LogP contribution in [-0.2, 0) is 0 Å². The van der Waals surface area contributed by atoms with Gasteiger partial charge in [0.05, 0.1) is 0 Å². The van der Waals surface area contributed by atoms with Gasteiger partial charge in [-0.25, -0.2) is 4.39 Å². The van der Waals surface area contributed by atoms with E-state index >= 15 is 0 Å². The fourth-order valence-corrected chi connectivity index (χ4v) is 2.61. The molecule has 2 heteroatoms. The first-order chi connectivity index (χ1) is 7.79. The molecule has 0 aromatic heterocycles. The molecule has 0 aliphatic carbocycles. The van der Waals surface area contributed by atoms with Crippen LogP contribution >= 0.6 is 15.9 Å². The molecule has 0 aliphatic rings. The molecule has 0 saturated heterocycles. The SMILES string of the molecule is CCCCCCC(CBr)c1ccccc1F. The van der Waals surface area contributed by atoms with Crippen molar-refractivity contribution in [3.05, 3.63) is 35.6 Å². The van der Waals surface area contributed by atoms with Gasteiger partial charge in [0.1, 0.15) is 5.82 Å². The van der Waals surface area contributed by atoms with E-state index < -0.39 is 0 Å². The molecule has 0 heterocycles. The summed E-state index contributed by atoms with van der Waals surface area (Å²) in [6, 6.07) is 7.12. The Bertz CT molecular complexity index is 299. The van der Waals surface area contributed by atoms with Crippen LogP contribution in [0.2, 0.25) is 0 Å². The van der Waals surface area contributed by atoms with E-state index in [1.165, 1.54) is 25.7 Å². The van der Waals surface area contributed by atoms with Crippen molar-refractivity contribution < 1.29 is 4.39 Å². The zero-order valence-corrected chi connectivity index (χ0v) is 11.5. The summed E-state index contributed by atoms with van der Waals surface area (Å²) in [5.41, 5.74) is 0.857. The molecule has 16 heavy (non-hydrogen) atoms. The Morgan fingerprint density at radius 1 is 1.19 bits per heavy atom. The van der Waals surface area contributed by atoms with E-state index in [2.05, 4.69) is 22.9 Å². The van der Waals surface area contributed by atoms with Gasteiger partial charge in [-0.2, -0.15) is 0 Å². The van der Waals surface area contributed by atoms with Crippen molar-refractivity contribution in [2.45, 2.75) is 44.9 Å². The van der Waals surface area contributed by atoms with Crippen LogP contribution in [0.5, 0.6) is 0 Å². The highest BCUT2D eigenvalue weighted by molar-refractivity contribution is 9.09. The zero-order valence-electron chi connectivity index (χ0n) is 9.89. The minimum atomic E-state index is -0.0672.